The van der Waals surface area contributed by atoms with Crippen LogP contribution in [-0.4, -0.2) is 10.2 Å². The Hall–Kier alpha value is -0.440. The second kappa shape index (κ2) is 3.74. The Morgan fingerprint density at radius 1 is 1.08 bits per heavy atom. The maximum Gasteiger partial charge on any atom is 0.140 e. The molecule has 0 saturated heterocycles. The van der Waals surface area contributed by atoms with E-state index >= 15 is 0 Å². The zero-order chi connectivity index (χ0) is 10.2. The lowest BCUT2D eigenvalue weighted by atomic mass is 10.0. The molecular formula is C9H10Cl2O2. The maximum absolute atomic E-state index is 9.53. The molecule has 0 atom stereocenters. The third-order valence-electron chi connectivity index (χ3n) is 2.09. The Morgan fingerprint density at radius 3 is 2.08 bits per heavy atom. The fourth-order valence-electron chi connectivity index (χ4n) is 1.19. The molecule has 0 aliphatic carbocycles. The topological polar surface area (TPSA) is 40.5 Å². The largest absolute Gasteiger partial charge is 0.506 e. The summed E-state index contributed by atoms with van der Waals surface area (Å²) in [6.07, 6.45) is 0. The minimum absolute atomic E-state index is 0.0800. The molecule has 0 unspecified atom stereocenters. The van der Waals surface area contributed by atoms with Crippen molar-refractivity contribution in [3.63, 3.8) is 0 Å². The fraction of sp³-hybridized carbons (Fsp3) is 0.333. The van der Waals surface area contributed by atoms with Crippen molar-refractivity contribution in [1.29, 1.82) is 0 Å². The van der Waals surface area contributed by atoms with E-state index in [-0.39, 0.29) is 17.4 Å². The standard InChI is InChI=1S/C9H10Cl2O2/c1-4-6(3-12)9(13)8(11)5(2)7(4)10/h12-13H,3H2,1-2H3. The highest BCUT2D eigenvalue weighted by Gasteiger charge is 2.15. The van der Waals surface area contributed by atoms with E-state index in [4.69, 9.17) is 28.3 Å². The molecule has 0 bridgehead atoms. The normalized spacial score (nSPS) is 10.5. The van der Waals surface area contributed by atoms with Crippen molar-refractivity contribution in [1.82, 2.24) is 0 Å². The molecule has 1 rings (SSSR count). The zero-order valence-corrected chi connectivity index (χ0v) is 8.87. The monoisotopic (exact) mass is 220 g/mol. The summed E-state index contributed by atoms with van der Waals surface area (Å²) in [6.45, 7) is 3.19. The third-order valence-corrected chi connectivity index (χ3v) is 3.12. The molecular weight excluding hydrogens is 211 g/mol. The Balaban J connectivity index is 3.56. The molecule has 13 heavy (non-hydrogen) atoms. The zero-order valence-electron chi connectivity index (χ0n) is 7.36. The predicted molar refractivity (Wildman–Crippen MR) is 53.5 cm³/mol. The van der Waals surface area contributed by atoms with Crippen molar-refractivity contribution in [3.05, 3.63) is 26.7 Å². The van der Waals surface area contributed by atoms with Gasteiger partial charge in [0.2, 0.25) is 0 Å². The Bertz CT molecular complexity index is 319. The number of hydrogen-bond donors (Lipinski definition) is 2. The van der Waals surface area contributed by atoms with Gasteiger partial charge in [0.15, 0.2) is 0 Å². The van der Waals surface area contributed by atoms with Gasteiger partial charge in [-0.15, -0.1) is 0 Å². The van der Waals surface area contributed by atoms with Crippen molar-refractivity contribution in [2.45, 2.75) is 20.5 Å². The van der Waals surface area contributed by atoms with E-state index in [0.717, 1.165) is 0 Å². The molecule has 0 amide bonds. The highest BCUT2D eigenvalue weighted by atomic mass is 35.5. The van der Waals surface area contributed by atoms with Crippen LogP contribution >= 0.6 is 23.2 Å². The first-order valence-corrected chi connectivity index (χ1v) is 4.53. The van der Waals surface area contributed by atoms with Gasteiger partial charge in [0.05, 0.1) is 11.6 Å². The van der Waals surface area contributed by atoms with Crippen molar-refractivity contribution in [2.75, 3.05) is 0 Å². The summed E-state index contributed by atoms with van der Waals surface area (Å²) >= 11 is 11.7. The SMILES string of the molecule is Cc1c(Cl)c(C)c(CO)c(O)c1Cl. The molecule has 72 valence electrons. The van der Waals surface area contributed by atoms with Gasteiger partial charge < -0.3 is 10.2 Å². The molecule has 0 aliphatic heterocycles. The first-order chi connectivity index (χ1) is 6.00. The van der Waals surface area contributed by atoms with Crippen LogP contribution in [0.2, 0.25) is 10.0 Å². The fourth-order valence-corrected chi connectivity index (χ4v) is 1.66. The van der Waals surface area contributed by atoms with Gasteiger partial charge in [-0.2, -0.15) is 0 Å². The van der Waals surface area contributed by atoms with Crippen molar-refractivity contribution < 1.29 is 10.2 Å². The second-order valence-corrected chi connectivity index (χ2v) is 3.62. The van der Waals surface area contributed by atoms with Crippen LogP contribution in [0.4, 0.5) is 0 Å². The first kappa shape index (κ1) is 10.6. The highest BCUT2D eigenvalue weighted by Crippen LogP contribution is 2.38. The molecule has 2 nitrogen and oxygen atoms in total. The molecule has 0 heterocycles. The van der Waals surface area contributed by atoms with Crippen LogP contribution in [0.25, 0.3) is 0 Å². The van der Waals surface area contributed by atoms with Crippen molar-refractivity contribution in [2.24, 2.45) is 0 Å². The van der Waals surface area contributed by atoms with Crippen LogP contribution in [0.1, 0.15) is 16.7 Å². The number of hydrogen-bond acceptors (Lipinski definition) is 2. The molecule has 2 N–H and O–H groups in total. The van der Waals surface area contributed by atoms with Crippen molar-refractivity contribution in [3.8, 4) is 5.75 Å². The lowest BCUT2D eigenvalue weighted by Crippen LogP contribution is -1.94. The number of aliphatic hydroxyl groups is 1. The molecule has 1 aromatic carbocycles. The quantitative estimate of drug-likeness (QED) is 0.765. The molecule has 0 radical (unpaired) electrons. The van der Waals surface area contributed by atoms with Gasteiger partial charge in [0.25, 0.3) is 0 Å². The van der Waals surface area contributed by atoms with E-state index in [2.05, 4.69) is 0 Å². The Labute approximate surface area is 86.7 Å². The van der Waals surface area contributed by atoms with E-state index in [1.807, 2.05) is 0 Å². The molecule has 0 saturated carbocycles. The van der Waals surface area contributed by atoms with E-state index < -0.39 is 0 Å². The van der Waals surface area contributed by atoms with E-state index in [1.54, 1.807) is 13.8 Å². The summed E-state index contributed by atoms with van der Waals surface area (Å²) in [6, 6.07) is 0. The summed E-state index contributed by atoms with van der Waals surface area (Å²) in [7, 11) is 0. The average molecular weight is 221 g/mol. The van der Waals surface area contributed by atoms with Gasteiger partial charge in [-0.3, -0.25) is 0 Å². The lowest BCUT2D eigenvalue weighted by Gasteiger charge is -2.12. The van der Waals surface area contributed by atoms with E-state index in [0.29, 0.717) is 21.7 Å². The summed E-state index contributed by atoms with van der Waals surface area (Å²) in [5.74, 6) is -0.0800. The number of aliphatic hydroxyl groups excluding tert-OH is 1. The summed E-state index contributed by atoms with van der Waals surface area (Å²) in [5, 5.41) is 19.2. The van der Waals surface area contributed by atoms with Crippen LogP contribution in [0.3, 0.4) is 0 Å². The summed E-state index contributed by atoms with van der Waals surface area (Å²) in [4.78, 5) is 0. The second-order valence-electron chi connectivity index (χ2n) is 2.86. The molecule has 4 heteroatoms. The molecule has 0 fully saturated rings. The smallest absolute Gasteiger partial charge is 0.140 e. The van der Waals surface area contributed by atoms with Crippen molar-refractivity contribution >= 4 is 23.2 Å². The van der Waals surface area contributed by atoms with Crippen LogP contribution in [0.15, 0.2) is 0 Å². The predicted octanol–water partition coefficient (Wildman–Crippen LogP) is 2.81. The molecule has 0 aromatic heterocycles. The first-order valence-electron chi connectivity index (χ1n) is 3.77. The average Bonchev–Trinajstić information content (AvgIpc) is 2.13. The highest BCUT2D eigenvalue weighted by molar-refractivity contribution is 6.37. The number of aromatic hydroxyl groups is 1. The van der Waals surface area contributed by atoms with Gasteiger partial charge in [0.1, 0.15) is 5.75 Å². The lowest BCUT2D eigenvalue weighted by molar-refractivity contribution is 0.274. The molecule has 0 aliphatic rings. The van der Waals surface area contributed by atoms with Gasteiger partial charge >= 0.3 is 0 Å². The van der Waals surface area contributed by atoms with Gasteiger partial charge in [-0.1, -0.05) is 23.2 Å². The Kier molecular flexibility index (Phi) is 3.06. The van der Waals surface area contributed by atoms with Crippen LogP contribution in [0, 0.1) is 13.8 Å². The minimum atomic E-state index is -0.266. The number of phenols is 1. The summed E-state index contributed by atoms with van der Waals surface area (Å²) in [5.41, 5.74) is 1.69. The number of rotatable bonds is 1. The van der Waals surface area contributed by atoms with Crippen LogP contribution in [0.5, 0.6) is 5.75 Å². The third kappa shape index (κ3) is 1.62. The molecule has 1 aromatic rings. The summed E-state index contributed by atoms with van der Waals surface area (Å²) < 4.78 is 0. The van der Waals surface area contributed by atoms with Gasteiger partial charge in [-0.05, 0) is 25.0 Å². The molecule has 0 spiro atoms. The van der Waals surface area contributed by atoms with E-state index in [1.165, 1.54) is 0 Å². The Morgan fingerprint density at radius 2 is 1.62 bits per heavy atom. The van der Waals surface area contributed by atoms with Crippen LogP contribution < -0.4 is 0 Å². The number of benzene rings is 1. The van der Waals surface area contributed by atoms with Gasteiger partial charge in [-0.25, -0.2) is 0 Å². The minimum Gasteiger partial charge on any atom is -0.506 e. The maximum atomic E-state index is 9.53. The van der Waals surface area contributed by atoms with E-state index in [9.17, 15) is 5.11 Å². The van der Waals surface area contributed by atoms with Crippen LogP contribution in [-0.2, 0) is 6.61 Å². The number of halogens is 2. The van der Waals surface area contributed by atoms with Gasteiger partial charge in [0, 0.05) is 10.6 Å².